The quantitative estimate of drug-likeness (QED) is 0.819. The van der Waals surface area contributed by atoms with Crippen LogP contribution in [0.15, 0.2) is 12.4 Å². The van der Waals surface area contributed by atoms with E-state index in [1.54, 1.807) is 6.07 Å². The van der Waals surface area contributed by atoms with E-state index in [-0.39, 0.29) is 11.4 Å². The van der Waals surface area contributed by atoms with Gasteiger partial charge in [0.25, 0.3) is 5.95 Å². The van der Waals surface area contributed by atoms with Crippen LogP contribution in [0.2, 0.25) is 0 Å². The molecule has 0 atom stereocenters. The van der Waals surface area contributed by atoms with Crippen LogP contribution in [-0.4, -0.2) is 32.8 Å². The molecule has 0 aliphatic heterocycles. The third-order valence-corrected chi connectivity index (χ3v) is 2.57. The van der Waals surface area contributed by atoms with E-state index in [4.69, 9.17) is 11.0 Å². The highest BCUT2D eigenvalue weighted by molar-refractivity contribution is 5.90. The lowest BCUT2D eigenvalue weighted by Crippen LogP contribution is -2.19. The molecular formula is C11H7F3N6O2. The molecule has 8 nitrogen and oxygen atoms in total. The Bertz CT molecular complexity index is 777. The molecule has 2 rings (SSSR count). The van der Waals surface area contributed by atoms with Gasteiger partial charge in [-0.3, -0.25) is 0 Å². The van der Waals surface area contributed by atoms with Crippen LogP contribution < -0.4 is 5.73 Å². The number of carbonyl (C=O) groups is 1. The van der Waals surface area contributed by atoms with E-state index in [9.17, 15) is 18.0 Å². The molecule has 0 radical (unpaired) electrons. The topological polar surface area (TPSA) is 120 Å². The van der Waals surface area contributed by atoms with Crippen molar-refractivity contribution >= 4 is 11.8 Å². The van der Waals surface area contributed by atoms with Crippen molar-refractivity contribution in [1.29, 1.82) is 5.26 Å². The van der Waals surface area contributed by atoms with Crippen molar-refractivity contribution in [2.24, 2.45) is 0 Å². The van der Waals surface area contributed by atoms with Crippen LogP contribution in [0.5, 0.6) is 0 Å². The second-order valence-electron chi connectivity index (χ2n) is 3.89. The maximum absolute atomic E-state index is 13.0. The first kappa shape index (κ1) is 15.2. The van der Waals surface area contributed by atoms with Gasteiger partial charge in [0.15, 0.2) is 5.69 Å². The molecule has 2 aromatic heterocycles. The Kier molecular flexibility index (Phi) is 3.68. The molecule has 0 aliphatic rings. The summed E-state index contributed by atoms with van der Waals surface area (Å²) in [5, 5.41) is 12.4. The van der Waals surface area contributed by atoms with Crippen molar-refractivity contribution in [3.8, 4) is 12.0 Å². The molecule has 0 saturated carbocycles. The van der Waals surface area contributed by atoms with E-state index in [1.165, 1.54) is 0 Å². The number of anilines is 1. The number of nitriles is 1. The summed E-state index contributed by atoms with van der Waals surface area (Å²) in [4.78, 5) is 18.2. The summed E-state index contributed by atoms with van der Waals surface area (Å²) in [6, 6.07) is 1.71. The van der Waals surface area contributed by atoms with Gasteiger partial charge < -0.3 is 10.5 Å². The molecule has 22 heavy (non-hydrogen) atoms. The highest BCUT2D eigenvalue weighted by atomic mass is 19.4. The van der Waals surface area contributed by atoms with Crippen molar-refractivity contribution in [1.82, 2.24) is 19.7 Å². The number of halogens is 3. The standard InChI is InChI=1S/C11H7F3N6O2/c1-22-9(21)6-4-17-10(19-7(6)11(12,13)14)20-8(16)5(2-15)3-18-20/h3-4H,16H2,1H3. The van der Waals surface area contributed by atoms with Gasteiger partial charge in [-0.1, -0.05) is 0 Å². The molecule has 2 N–H and O–H groups in total. The third-order valence-electron chi connectivity index (χ3n) is 2.57. The van der Waals surface area contributed by atoms with E-state index in [0.717, 1.165) is 18.0 Å². The van der Waals surface area contributed by atoms with Crippen LogP contribution in [-0.2, 0) is 10.9 Å². The molecule has 11 heteroatoms. The number of rotatable bonds is 2. The molecule has 114 valence electrons. The summed E-state index contributed by atoms with van der Waals surface area (Å²) in [6.07, 6.45) is -3.20. The number of nitrogen functional groups attached to an aromatic ring is 1. The minimum absolute atomic E-state index is 0.0470. The number of alkyl halides is 3. The monoisotopic (exact) mass is 312 g/mol. The Balaban J connectivity index is 2.63. The van der Waals surface area contributed by atoms with Gasteiger partial charge in [-0.2, -0.15) is 28.2 Å². The van der Waals surface area contributed by atoms with Crippen LogP contribution >= 0.6 is 0 Å². The van der Waals surface area contributed by atoms with E-state index in [2.05, 4.69) is 19.8 Å². The zero-order chi connectivity index (χ0) is 16.5. The second kappa shape index (κ2) is 5.32. The molecule has 0 spiro atoms. The first-order chi connectivity index (χ1) is 10.3. The molecule has 0 aromatic carbocycles. The van der Waals surface area contributed by atoms with E-state index in [0.29, 0.717) is 6.20 Å². The predicted molar refractivity (Wildman–Crippen MR) is 64.6 cm³/mol. The van der Waals surface area contributed by atoms with Crippen molar-refractivity contribution in [3.63, 3.8) is 0 Å². The van der Waals surface area contributed by atoms with Gasteiger partial charge in [0.2, 0.25) is 0 Å². The molecule has 0 fully saturated rings. The van der Waals surface area contributed by atoms with Crippen molar-refractivity contribution in [2.75, 3.05) is 12.8 Å². The second-order valence-corrected chi connectivity index (χ2v) is 3.89. The minimum Gasteiger partial charge on any atom is -0.465 e. The first-order valence-corrected chi connectivity index (χ1v) is 5.56. The smallest absolute Gasteiger partial charge is 0.434 e. The molecule has 0 amide bonds. The third kappa shape index (κ3) is 2.53. The van der Waals surface area contributed by atoms with Crippen molar-refractivity contribution in [2.45, 2.75) is 6.18 Å². The van der Waals surface area contributed by atoms with E-state index >= 15 is 0 Å². The summed E-state index contributed by atoms with van der Waals surface area (Å²) in [5.41, 5.74) is 3.18. The summed E-state index contributed by atoms with van der Waals surface area (Å²) in [6.45, 7) is 0. The lowest BCUT2D eigenvalue weighted by atomic mass is 10.2. The van der Waals surface area contributed by atoms with Crippen LogP contribution in [0.25, 0.3) is 5.95 Å². The number of hydrogen-bond acceptors (Lipinski definition) is 7. The fraction of sp³-hybridized carbons (Fsp3) is 0.182. The Morgan fingerprint density at radius 3 is 2.64 bits per heavy atom. The van der Waals surface area contributed by atoms with Gasteiger partial charge in [-0.15, -0.1) is 0 Å². The molecular weight excluding hydrogens is 305 g/mol. The Hall–Kier alpha value is -3.16. The zero-order valence-corrected chi connectivity index (χ0v) is 10.9. The first-order valence-electron chi connectivity index (χ1n) is 5.56. The summed E-state index contributed by atoms with van der Waals surface area (Å²) in [7, 11) is 0.932. The number of esters is 1. The Morgan fingerprint density at radius 2 is 2.14 bits per heavy atom. The van der Waals surface area contributed by atoms with Gasteiger partial charge in [0.05, 0.1) is 13.3 Å². The number of aromatic nitrogens is 4. The number of methoxy groups -OCH3 is 1. The average molecular weight is 312 g/mol. The number of nitrogens with zero attached hydrogens (tertiary/aromatic N) is 5. The van der Waals surface area contributed by atoms with Crippen molar-refractivity contribution in [3.05, 3.63) is 29.2 Å². The highest BCUT2D eigenvalue weighted by Crippen LogP contribution is 2.31. The number of hydrogen-bond donors (Lipinski definition) is 1. The van der Waals surface area contributed by atoms with E-state index < -0.39 is 29.4 Å². The lowest BCUT2D eigenvalue weighted by molar-refractivity contribution is -0.141. The van der Waals surface area contributed by atoms with Crippen molar-refractivity contribution < 1.29 is 22.7 Å². The summed E-state index contributed by atoms with van der Waals surface area (Å²) in [5.74, 6) is -1.98. The molecule has 0 aliphatic carbocycles. The fourth-order valence-corrected chi connectivity index (χ4v) is 1.55. The maximum Gasteiger partial charge on any atom is 0.434 e. The molecule has 2 heterocycles. The van der Waals surface area contributed by atoms with Gasteiger partial charge >= 0.3 is 12.1 Å². The molecule has 0 saturated heterocycles. The predicted octanol–water partition coefficient (Wildman–Crippen LogP) is 0.922. The SMILES string of the molecule is COC(=O)c1cnc(-n2ncc(C#N)c2N)nc1C(F)(F)F. The zero-order valence-electron chi connectivity index (χ0n) is 10.9. The number of ether oxygens (including phenoxy) is 1. The number of nitrogens with two attached hydrogens (primary N) is 1. The summed E-state index contributed by atoms with van der Waals surface area (Å²) < 4.78 is 44.0. The Labute approximate surface area is 120 Å². The van der Waals surface area contributed by atoms with Crippen LogP contribution in [0.3, 0.4) is 0 Å². The summed E-state index contributed by atoms with van der Waals surface area (Å²) >= 11 is 0. The molecule has 2 aromatic rings. The average Bonchev–Trinajstić information content (AvgIpc) is 2.85. The number of carbonyl (C=O) groups excluding carboxylic acids is 1. The van der Waals surface area contributed by atoms with Gasteiger partial charge in [0, 0.05) is 6.20 Å². The molecule has 0 unspecified atom stereocenters. The van der Waals surface area contributed by atoms with Gasteiger partial charge in [0.1, 0.15) is 23.0 Å². The van der Waals surface area contributed by atoms with Crippen LogP contribution in [0.4, 0.5) is 19.0 Å². The Morgan fingerprint density at radius 1 is 1.45 bits per heavy atom. The largest absolute Gasteiger partial charge is 0.465 e. The lowest BCUT2D eigenvalue weighted by Gasteiger charge is -2.11. The maximum atomic E-state index is 13.0. The minimum atomic E-state index is -4.92. The van der Waals surface area contributed by atoms with Gasteiger partial charge in [-0.05, 0) is 0 Å². The van der Waals surface area contributed by atoms with E-state index in [1.807, 2.05) is 0 Å². The fourth-order valence-electron chi connectivity index (χ4n) is 1.55. The van der Waals surface area contributed by atoms with Crippen LogP contribution in [0.1, 0.15) is 21.6 Å². The highest BCUT2D eigenvalue weighted by Gasteiger charge is 2.38. The normalized spacial score (nSPS) is 11.0. The van der Waals surface area contributed by atoms with Gasteiger partial charge in [-0.25, -0.2) is 14.8 Å². The van der Waals surface area contributed by atoms with Crippen LogP contribution in [0, 0.1) is 11.3 Å². The molecule has 0 bridgehead atoms.